The summed E-state index contributed by atoms with van der Waals surface area (Å²) in [6.45, 7) is 6.70. The Labute approximate surface area is 149 Å². The van der Waals surface area contributed by atoms with Gasteiger partial charge in [-0.1, -0.05) is 18.2 Å². The van der Waals surface area contributed by atoms with E-state index in [0.717, 1.165) is 44.7 Å². The van der Waals surface area contributed by atoms with Crippen LogP contribution in [-0.2, 0) is 16.0 Å². The Bertz CT molecular complexity index is 612. The van der Waals surface area contributed by atoms with E-state index in [-0.39, 0.29) is 12.0 Å². The average molecular weight is 345 g/mol. The number of carbonyl (C=O) groups is 2. The summed E-state index contributed by atoms with van der Waals surface area (Å²) in [5.74, 6) is 0.194. The van der Waals surface area contributed by atoms with Crippen LogP contribution in [0.25, 0.3) is 0 Å². The molecule has 0 saturated carbocycles. The van der Waals surface area contributed by atoms with Crippen molar-refractivity contribution in [2.45, 2.75) is 26.2 Å². The molecule has 0 spiro atoms. The van der Waals surface area contributed by atoms with Crippen LogP contribution in [0.4, 0.5) is 10.5 Å². The second kappa shape index (κ2) is 8.34. The second-order valence-electron chi connectivity index (χ2n) is 6.56. The molecular formula is C19H27N3O3. The molecule has 1 fully saturated rings. The number of hydrogen-bond acceptors (Lipinski definition) is 4. The van der Waals surface area contributed by atoms with E-state index >= 15 is 0 Å². The Morgan fingerprint density at radius 3 is 2.60 bits per heavy atom. The van der Waals surface area contributed by atoms with Crippen LogP contribution in [0.3, 0.4) is 0 Å². The number of nitrogens with zero attached hydrogens (tertiary/aromatic N) is 3. The fourth-order valence-corrected chi connectivity index (χ4v) is 3.55. The van der Waals surface area contributed by atoms with Gasteiger partial charge in [0.2, 0.25) is 5.91 Å². The lowest BCUT2D eigenvalue weighted by Crippen LogP contribution is -2.49. The van der Waals surface area contributed by atoms with Crippen molar-refractivity contribution in [1.82, 2.24) is 9.80 Å². The molecule has 1 saturated heterocycles. The quantitative estimate of drug-likeness (QED) is 0.839. The summed E-state index contributed by atoms with van der Waals surface area (Å²) in [4.78, 5) is 30.3. The molecule has 1 aromatic carbocycles. The fourth-order valence-electron chi connectivity index (χ4n) is 3.55. The van der Waals surface area contributed by atoms with E-state index < -0.39 is 0 Å². The predicted molar refractivity (Wildman–Crippen MR) is 96.8 cm³/mol. The van der Waals surface area contributed by atoms with E-state index in [2.05, 4.69) is 11.0 Å². The number of ether oxygens (including phenoxy) is 1. The smallest absolute Gasteiger partial charge is 0.409 e. The van der Waals surface area contributed by atoms with Crippen molar-refractivity contribution in [3.8, 4) is 0 Å². The lowest BCUT2D eigenvalue weighted by atomic mass is 10.0. The first-order chi connectivity index (χ1) is 12.2. The Balaban J connectivity index is 1.47. The van der Waals surface area contributed by atoms with Crippen molar-refractivity contribution >= 4 is 17.7 Å². The van der Waals surface area contributed by atoms with Gasteiger partial charge in [-0.3, -0.25) is 9.69 Å². The van der Waals surface area contributed by atoms with Gasteiger partial charge in [-0.15, -0.1) is 0 Å². The number of fused-ring (bicyclic) bond motifs is 1. The normalized spacial score (nSPS) is 18.0. The fraction of sp³-hybridized carbons (Fsp3) is 0.579. The number of para-hydroxylation sites is 1. The maximum Gasteiger partial charge on any atom is 0.409 e. The molecule has 2 aliphatic heterocycles. The molecule has 0 N–H and O–H groups in total. The van der Waals surface area contributed by atoms with Crippen LogP contribution in [0.2, 0.25) is 0 Å². The summed E-state index contributed by atoms with van der Waals surface area (Å²) in [6, 6.07) is 8.20. The Kier molecular flexibility index (Phi) is 5.91. The van der Waals surface area contributed by atoms with Gasteiger partial charge in [0.15, 0.2) is 0 Å². The molecule has 2 heterocycles. The highest BCUT2D eigenvalue weighted by Crippen LogP contribution is 2.27. The first-order valence-electron chi connectivity index (χ1n) is 9.21. The maximum absolute atomic E-state index is 12.7. The zero-order chi connectivity index (χ0) is 17.6. The Morgan fingerprint density at radius 1 is 1.08 bits per heavy atom. The molecule has 2 amide bonds. The topological polar surface area (TPSA) is 53.1 Å². The number of anilines is 1. The molecule has 2 aliphatic rings. The number of amides is 2. The van der Waals surface area contributed by atoms with Crippen molar-refractivity contribution in [2.75, 3.05) is 50.8 Å². The zero-order valence-electron chi connectivity index (χ0n) is 14.9. The average Bonchev–Trinajstić information content (AvgIpc) is 2.66. The highest BCUT2D eigenvalue weighted by atomic mass is 16.6. The molecule has 136 valence electrons. The number of carbonyl (C=O) groups excluding carboxylic acids is 2. The third-order valence-corrected chi connectivity index (χ3v) is 4.95. The maximum atomic E-state index is 12.7. The molecule has 0 radical (unpaired) electrons. The van der Waals surface area contributed by atoms with Crippen molar-refractivity contribution in [3.63, 3.8) is 0 Å². The van der Waals surface area contributed by atoms with E-state index in [0.29, 0.717) is 26.1 Å². The number of benzene rings is 1. The number of rotatable bonds is 4. The second-order valence-corrected chi connectivity index (χ2v) is 6.56. The molecule has 6 nitrogen and oxygen atoms in total. The standard InChI is InChI=1S/C19H27N3O3/c1-2-25-19(24)21-14-12-20(13-15-21)11-9-18(23)22-10-5-7-16-6-3-4-8-17(16)22/h3-4,6,8H,2,5,7,9-15H2,1H3. The molecular weight excluding hydrogens is 318 g/mol. The molecule has 25 heavy (non-hydrogen) atoms. The van der Waals surface area contributed by atoms with Gasteiger partial charge < -0.3 is 14.5 Å². The first-order valence-corrected chi connectivity index (χ1v) is 9.21. The van der Waals surface area contributed by atoms with Crippen molar-refractivity contribution < 1.29 is 14.3 Å². The monoisotopic (exact) mass is 345 g/mol. The first kappa shape index (κ1) is 17.7. The van der Waals surface area contributed by atoms with Crippen molar-refractivity contribution in [3.05, 3.63) is 29.8 Å². The lowest BCUT2D eigenvalue weighted by molar-refractivity contribution is -0.119. The molecule has 0 aromatic heterocycles. The molecule has 0 unspecified atom stereocenters. The minimum atomic E-state index is -0.233. The third-order valence-electron chi connectivity index (χ3n) is 4.95. The summed E-state index contributed by atoms with van der Waals surface area (Å²) < 4.78 is 5.04. The van der Waals surface area contributed by atoms with Gasteiger partial charge in [0.25, 0.3) is 0 Å². The third kappa shape index (κ3) is 4.31. The van der Waals surface area contributed by atoms with Crippen LogP contribution in [0, 0.1) is 0 Å². The van der Waals surface area contributed by atoms with Crippen LogP contribution >= 0.6 is 0 Å². The molecule has 3 rings (SSSR count). The highest BCUT2D eigenvalue weighted by molar-refractivity contribution is 5.94. The van der Waals surface area contributed by atoms with Crippen LogP contribution < -0.4 is 4.90 Å². The Morgan fingerprint density at radius 2 is 1.84 bits per heavy atom. The number of piperazine rings is 1. The van der Waals surface area contributed by atoms with Gasteiger partial charge in [0.1, 0.15) is 0 Å². The number of aryl methyl sites for hydroxylation is 1. The minimum Gasteiger partial charge on any atom is -0.450 e. The van der Waals surface area contributed by atoms with E-state index in [1.807, 2.05) is 30.0 Å². The van der Waals surface area contributed by atoms with Gasteiger partial charge in [-0.25, -0.2) is 4.79 Å². The van der Waals surface area contributed by atoms with Crippen LogP contribution in [0.15, 0.2) is 24.3 Å². The van der Waals surface area contributed by atoms with E-state index in [4.69, 9.17) is 4.74 Å². The van der Waals surface area contributed by atoms with Gasteiger partial charge >= 0.3 is 6.09 Å². The van der Waals surface area contributed by atoms with Gasteiger partial charge in [0, 0.05) is 51.4 Å². The molecule has 0 atom stereocenters. The van der Waals surface area contributed by atoms with Gasteiger partial charge in [-0.2, -0.15) is 0 Å². The zero-order valence-corrected chi connectivity index (χ0v) is 14.9. The minimum absolute atomic E-state index is 0.194. The van der Waals surface area contributed by atoms with Crippen molar-refractivity contribution in [1.29, 1.82) is 0 Å². The predicted octanol–water partition coefficient (Wildman–Crippen LogP) is 2.13. The van der Waals surface area contributed by atoms with E-state index in [1.165, 1.54) is 5.56 Å². The van der Waals surface area contributed by atoms with E-state index in [1.54, 1.807) is 4.90 Å². The Hall–Kier alpha value is -2.08. The molecule has 1 aromatic rings. The summed E-state index contributed by atoms with van der Waals surface area (Å²) in [5, 5.41) is 0. The summed E-state index contributed by atoms with van der Waals surface area (Å²) in [6.07, 6.45) is 2.37. The molecule has 0 bridgehead atoms. The molecule has 0 aliphatic carbocycles. The van der Waals surface area contributed by atoms with Crippen LogP contribution in [0.5, 0.6) is 0 Å². The number of hydrogen-bond donors (Lipinski definition) is 0. The molecule has 6 heteroatoms. The van der Waals surface area contributed by atoms with Gasteiger partial charge in [0.05, 0.1) is 6.61 Å². The van der Waals surface area contributed by atoms with Gasteiger partial charge in [-0.05, 0) is 31.4 Å². The SMILES string of the molecule is CCOC(=O)N1CCN(CCC(=O)N2CCCc3ccccc32)CC1. The summed E-state index contributed by atoms with van der Waals surface area (Å²) in [7, 11) is 0. The van der Waals surface area contributed by atoms with Crippen LogP contribution in [0.1, 0.15) is 25.3 Å². The van der Waals surface area contributed by atoms with Crippen molar-refractivity contribution in [2.24, 2.45) is 0 Å². The highest BCUT2D eigenvalue weighted by Gasteiger charge is 2.25. The lowest BCUT2D eigenvalue weighted by Gasteiger charge is -2.34. The largest absolute Gasteiger partial charge is 0.450 e. The van der Waals surface area contributed by atoms with E-state index in [9.17, 15) is 9.59 Å². The summed E-state index contributed by atoms with van der Waals surface area (Å²) >= 11 is 0. The van der Waals surface area contributed by atoms with Crippen LogP contribution in [-0.4, -0.2) is 67.7 Å². The summed E-state index contributed by atoms with van der Waals surface area (Å²) in [5.41, 5.74) is 2.34.